The zero-order valence-electron chi connectivity index (χ0n) is 13.3. The Bertz CT molecular complexity index is 401. The van der Waals surface area contributed by atoms with Gasteiger partial charge in [-0.1, -0.05) is 13.8 Å². The van der Waals surface area contributed by atoms with Crippen LogP contribution in [0.4, 0.5) is 5.69 Å². The topological polar surface area (TPSA) is 51.6 Å². The van der Waals surface area contributed by atoms with E-state index in [2.05, 4.69) is 46.1 Å². The summed E-state index contributed by atoms with van der Waals surface area (Å²) in [5.74, 6) is 0. The van der Waals surface area contributed by atoms with Crippen molar-refractivity contribution in [3.8, 4) is 0 Å². The van der Waals surface area contributed by atoms with E-state index >= 15 is 0 Å². The number of piperazine rings is 1. The van der Waals surface area contributed by atoms with Crippen molar-refractivity contribution >= 4 is 5.69 Å². The molecule has 0 aromatic carbocycles. The van der Waals surface area contributed by atoms with Gasteiger partial charge >= 0.3 is 0 Å². The molecule has 2 rings (SSSR count). The maximum Gasteiger partial charge on any atom is 0.0574 e. The summed E-state index contributed by atoms with van der Waals surface area (Å²) in [4.78, 5) is 9.32. The van der Waals surface area contributed by atoms with Crippen LogP contribution in [0.25, 0.3) is 0 Å². The molecule has 0 bridgehead atoms. The Hall–Kier alpha value is -1.17. The number of anilines is 1. The number of nitrogens with zero attached hydrogens (tertiary/aromatic N) is 3. The molecule has 0 radical (unpaired) electrons. The van der Waals surface area contributed by atoms with Crippen LogP contribution in [0, 0.1) is 0 Å². The van der Waals surface area contributed by atoms with E-state index < -0.39 is 0 Å². The lowest BCUT2D eigenvalue weighted by Gasteiger charge is -2.35. The predicted octanol–water partition coefficient (Wildman–Crippen LogP) is 1.26. The molecule has 0 spiro atoms. The molecule has 0 aliphatic carbocycles. The molecule has 1 aromatic rings. The lowest BCUT2D eigenvalue weighted by molar-refractivity contribution is 0.189. The summed E-state index contributed by atoms with van der Waals surface area (Å²) in [6, 6.07) is 4.68. The van der Waals surface area contributed by atoms with E-state index in [-0.39, 0.29) is 6.61 Å². The van der Waals surface area contributed by atoms with Gasteiger partial charge in [-0.2, -0.15) is 0 Å². The third-order valence-corrected chi connectivity index (χ3v) is 4.14. The second kappa shape index (κ2) is 8.32. The molecule has 2 heterocycles. The number of aromatic nitrogens is 1. The number of rotatable bonds is 7. The molecule has 1 fully saturated rings. The summed E-state index contributed by atoms with van der Waals surface area (Å²) in [6.07, 6.45) is 3.05. The van der Waals surface area contributed by atoms with Gasteiger partial charge in [-0.3, -0.25) is 9.88 Å². The fraction of sp³-hybridized carbons (Fsp3) is 0.688. The molecular weight excluding hydrogens is 264 g/mol. The summed E-state index contributed by atoms with van der Waals surface area (Å²) in [7, 11) is 0. The highest BCUT2D eigenvalue weighted by atomic mass is 16.3. The van der Waals surface area contributed by atoms with Gasteiger partial charge in [0.05, 0.1) is 24.2 Å². The first-order chi connectivity index (χ1) is 10.3. The van der Waals surface area contributed by atoms with Gasteiger partial charge < -0.3 is 15.3 Å². The van der Waals surface area contributed by atoms with Gasteiger partial charge in [0.2, 0.25) is 0 Å². The van der Waals surface area contributed by atoms with E-state index in [1.165, 1.54) is 5.69 Å². The Balaban J connectivity index is 1.93. The lowest BCUT2D eigenvalue weighted by atomic mass is 10.1. The van der Waals surface area contributed by atoms with Gasteiger partial charge in [0.1, 0.15) is 0 Å². The van der Waals surface area contributed by atoms with Crippen LogP contribution in [0.5, 0.6) is 0 Å². The van der Waals surface area contributed by atoms with Crippen LogP contribution >= 0.6 is 0 Å². The largest absolute Gasteiger partial charge is 0.395 e. The van der Waals surface area contributed by atoms with E-state index in [1.807, 2.05) is 6.20 Å². The third kappa shape index (κ3) is 4.40. The number of nitrogens with one attached hydrogen (secondary N) is 1. The van der Waals surface area contributed by atoms with Gasteiger partial charge in [-0.05, 0) is 25.1 Å². The fourth-order valence-corrected chi connectivity index (χ4v) is 2.87. The van der Waals surface area contributed by atoms with Crippen molar-refractivity contribution in [2.75, 3.05) is 50.8 Å². The maximum atomic E-state index is 8.98. The zero-order chi connectivity index (χ0) is 15.1. The molecule has 118 valence electrons. The zero-order valence-corrected chi connectivity index (χ0v) is 13.3. The molecule has 1 aromatic heterocycles. The molecule has 1 aliphatic rings. The van der Waals surface area contributed by atoms with Gasteiger partial charge in [-0.15, -0.1) is 0 Å². The van der Waals surface area contributed by atoms with Crippen molar-refractivity contribution < 1.29 is 5.11 Å². The molecule has 1 unspecified atom stereocenters. The minimum atomic E-state index is 0.249. The monoisotopic (exact) mass is 292 g/mol. The molecule has 5 nitrogen and oxygen atoms in total. The Morgan fingerprint density at radius 2 is 2.00 bits per heavy atom. The predicted molar refractivity (Wildman–Crippen MR) is 86.7 cm³/mol. The Morgan fingerprint density at radius 1 is 1.24 bits per heavy atom. The highest BCUT2D eigenvalue weighted by Crippen LogP contribution is 2.19. The average molecular weight is 292 g/mol. The van der Waals surface area contributed by atoms with Crippen LogP contribution < -0.4 is 10.2 Å². The molecule has 0 saturated carbocycles. The fourth-order valence-electron chi connectivity index (χ4n) is 2.87. The number of β-amino-alcohol motifs (C(OH)–C–C–N with tert-alkyl or cyclic N) is 1. The van der Waals surface area contributed by atoms with Crippen molar-refractivity contribution in [2.45, 2.75) is 26.3 Å². The first-order valence-electron chi connectivity index (χ1n) is 8.06. The summed E-state index contributed by atoms with van der Waals surface area (Å²) in [5.41, 5.74) is 2.33. The van der Waals surface area contributed by atoms with Gasteiger partial charge in [0, 0.05) is 38.8 Å². The standard InChI is InChI=1S/C16H28N4O/c1-3-15(17-4-2)16-6-5-14(13-18-16)20-9-7-19(8-10-20)11-12-21/h5-6,13,15,17,21H,3-4,7-12H2,1-2H3. The minimum absolute atomic E-state index is 0.249. The summed E-state index contributed by atoms with van der Waals surface area (Å²) in [6.45, 7) is 10.3. The van der Waals surface area contributed by atoms with Gasteiger partial charge in [-0.25, -0.2) is 0 Å². The molecule has 21 heavy (non-hydrogen) atoms. The number of hydrogen-bond donors (Lipinski definition) is 2. The van der Waals surface area contributed by atoms with Crippen LogP contribution in [0.15, 0.2) is 18.3 Å². The number of aliphatic hydroxyl groups is 1. The first kappa shape index (κ1) is 16.2. The second-order valence-electron chi connectivity index (χ2n) is 5.51. The van der Waals surface area contributed by atoms with Crippen molar-refractivity contribution in [3.63, 3.8) is 0 Å². The Labute approximate surface area is 128 Å². The molecule has 0 amide bonds. The van der Waals surface area contributed by atoms with Crippen molar-refractivity contribution in [3.05, 3.63) is 24.0 Å². The lowest BCUT2D eigenvalue weighted by Crippen LogP contribution is -2.47. The summed E-state index contributed by atoms with van der Waals surface area (Å²) < 4.78 is 0. The van der Waals surface area contributed by atoms with E-state index in [9.17, 15) is 0 Å². The van der Waals surface area contributed by atoms with Crippen molar-refractivity contribution in [2.24, 2.45) is 0 Å². The number of hydrogen-bond acceptors (Lipinski definition) is 5. The van der Waals surface area contributed by atoms with Gasteiger partial charge in [0.15, 0.2) is 0 Å². The van der Waals surface area contributed by atoms with Crippen LogP contribution in [0.2, 0.25) is 0 Å². The van der Waals surface area contributed by atoms with Crippen LogP contribution in [-0.2, 0) is 0 Å². The average Bonchev–Trinajstić information content (AvgIpc) is 2.54. The van der Waals surface area contributed by atoms with E-state index in [0.29, 0.717) is 6.04 Å². The molecule has 1 aliphatic heterocycles. The highest BCUT2D eigenvalue weighted by Gasteiger charge is 2.17. The van der Waals surface area contributed by atoms with E-state index in [0.717, 1.165) is 51.4 Å². The van der Waals surface area contributed by atoms with Gasteiger partial charge in [0.25, 0.3) is 0 Å². The third-order valence-electron chi connectivity index (χ3n) is 4.14. The summed E-state index contributed by atoms with van der Waals surface area (Å²) >= 11 is 0. The van der Waals surface area contributed by atoms with E-state index in [4.69, 9.17) is 5.11 Å². The Morgan fingerprint density at radius 3 is 2.52 bits per heavy atom. The Kier molecular flexibility index (Phi) is 6.42. The molecule has 1 atom stereocenters. The smallest absolute Gasteiger partial charge is 0.0574 e. The van der Waals surface area contributed by atoms with Crippen molar-refractivity contribution in [1.29, 1.82) is 0 Å². The highest BCUT2D eigenvalue weighted by molar-refractivity contribution is 5.45. The minimum Gasteiger partial charge on any atom is -0.395 e. The van der Waals surface area contributed by atoms with Crippen molar-refractivity contribution in [1.82, 2.24) is 15.2 Å². The van der Waals surface area contributed by atoms with E-state index in [1.54, 1.807) is 0 Å². The molecule has 1 saturated heterocycles. The van der Waals surface area contributed by atoms with Crippen LogP contribution in [0.3, 0.4) is 0 Å². The molecule has 5 heteroatoms. The normalized spacial score (nSPS) is 18.0. The number of aliphatic hydroxyl groups excluding tert-OH is 1. The second-order valence-corrected chi connectivity index (χ2v) is 5.51. The number of pyridine rings is 1. The van der Waals surface area contributed by atoms with Crippen LogP contribution in [0.1, 0.15) is 32.0 Å². The first-order valence-corrected chi connectivity index (χ1v) is 8.06. The van der Waals surface area contributed by atoms with Crippen LogP contribution in [-0.4, -0.2) is 60.9 Å². The summed E-state index contributed by atoms with van der Waals surface area (Å²) in [5, 5.41) is 12.4. The maximum absolute atomic E-state index is 8.98. The SMILES string of the molecule is CCNC(CC)c1ccc(N2CCN(CCO)CC2)cn1. The molecular formula is C16H28N4O. The molecule has 2 N–H and O–H groups in total. The quantitative estimate of drug-likeness (QED) is 0.792.